The van der Waals surface area contributed by atoms with E-state index in [1.165, 1.54) is 12.1 Å². The first-order valence-electron chi connectivity index (χ1n) is 8.64. The van der Waals surface area contributed by atoms with Crippen molar-refractivity contribution in [2.24, 2.45) is 0 Å². The van der Waals surface area contributed by atoms with Gasteiger partial charge in [-0.2, -0.15) is 0 Å². The standard InChI is InChI=1S/C18H23FN2O4/c1-13-4-5-14(19)15(12-13)25-18(16(22)23)6-10-21(11-7-18)17(24)20-8-2-3-9-20/h4-5,12H,2-3,6-11H2,1H3,(H,22,23). The summed E-state index contributed by atoms with van der Waals surface area (Å²) in [6.45, 7) is 3.87. The lowest BCUT2D eigenvalue weighted by Crippen LogP contribution is -2.56. The molecule has 136 valence electrons. The molecule has 0 unspecified atom stereocenters. The molecule has 25 heavy (non-hydrogen) atoms. The predicted octanol–water partition coefficient (Wildman–Crippen LogP) is 2.65. The van der Waals surface area contributed by atoms with Crippen LogP contribution in [0, 0.1) is 12.7 Å². The topological polar surface area (TPSA) is 70.1 Å². The van der Waals surface area contributed by atoms with Gasteiger partial charge in [-0.05, 0) is 37.5 Å². The first-order chi connectivity index (χ1) is 11.9. The van der Waals surface area contributed by atoms with Crippen molar-refractivity contribution in [3.05, 3.63) is 29.6 Å². The molecule has 3 rings (SSSR count). The van der Waals surface area contributed by atoms with Crippen molar-refractivity contribution in [1.82, 2.24) is 9.80 Å². The summed E-state index contributed by atoms with van der Waals surface area (Å²) in [5.74, 6) is -1.76. The minimum Gasteiger partial charge on any atom is -0.478 e. The Kier molecular flexibility index (Phi) is 4.83. The Morgan fingerprint density at radius 3 is 2.32 bits per heavy atom. The van der Waals surface area contributed by atoms with Gasteiger partial charge < -0.3 is 19.6 Å². The number of urea groups is 1. The molecule has 0 spiro atoms. The number of hydrogen-bond donors (Lipinski definition) is 1. The molecule has 2 fully saturated rings. The third-order valence-corrected chi connectivity index (χ3v) is 5.00. The van der Waals surface area contributed by atoms with Gasteiger partial charge in [0.05, 0.1) is 0 Å². The number of carbonyl (C=O) groups excluding carboxylic acids is 1. The Hall–Kier alpha value is -2.31. The molecule has 2 saturated heterocycles. The van der Waals surface area contributed by atoms with Gasteiger partial charge in [0.25, 0.3) is 0 Å². The molecule has 0 aliphatic carbocycles. The number of piperidine rings is 1. The quantitative estimate of drug-likeness (QED) is 0.910. The molecule has 1 N–H and O–H groups in total. The van der Waals surface area contributed by atoms with E-state index in [9.17, 15) is 19.1 Å². The molecule has 0 saturated carbocycles. The summed E-state index contributed by atoms with van der Waals surface area (Å²) in [6.07, 6.45) is 2.29. The molecule has 2 aliphatic rings. The van der Waals surface area contributed by atoms with Crippen molar-refractivity contribution in [1.29, 1.82) is 0 Å². The van der Waals surface area contributed by atoms with Gasteiger partial charge >= 0.3 is 12.0 Å². The van der Waals surface area contributed by atoms with Crippen LogP contribution in [0.15, 0.2) is 18.2 Å². The molecule has 2 amide bonds. The van der Waals surface area contributed by atoms with Crippen molar-refractivity contribution in [2.75, 3.05) is 26.2 Å². The second kappa shape index (κ2) is 6.90. The summed E-state index contributed by atoms with van der Waals surface area (Å²) in [5.41, 5.74) is -0.713. The summed E-state index contributed by atoms with van der Waals surface area (Å²) < 4.78 is 19.6. The van der Waals surface area contributed by atoms with Gasteiger partial charge in [-0.1, -0.05) is 6.07 Å². The maximum atomic E-state index is 14.0. The first kappa shape index (κ1) is 17.5. The smallest absolute Gasteiger partial charge is 0.348 e. The number of carboxylic acids is 1. The van der Waals surface area contributed by atoms with Crippen LogP contribution in [0.4, 0.5) is 9.18 Å². The number of nitrogens with zero attached hydrogens (tertiary/aromatic N) is 2. The Bertz CT molecular complexity index is 665. The predicted molar refractivity (Wildman–Crippen MR) is 89.1 cm³/mol. The maximum Gasteiger partial charge on any atom is 0.348 e. The third kappa shape index (κ3) is 3.55. The maximum absolute atomic E-state index is 14.0. The van der Waals surface area contributed by atoms with Gasteiger partial charge in [0.15, 0.2) is 11.6 Å². The molecule has 0 atom stereocenters. The second-order valence-electron chi connectivity index (χ2n) is 6.80. The molecule has 0 radical (unpaired) electrons. The summed E-state index contributed by atoms with van der Waals surface area (Å²) in [5, 5.41) is 9.69. The molecule has 0 bridgehead atoms. The van der Waals surface area contributed by atoms with E-state index in [1.54, 1.807) is 22.8 Å². The number of rotatable bonds is 3. The fraction of sp³-hybridized carbons (Fsp3) is 0.556. The van der Waals surface area contributed by atoms with Crippen LogP contribution in [0.3, 0.4) is 0 Å². The van der Waals surface area contributed by atoms with Crippen LogP contribution >= 0.6 is 0 Å². The van der Waals surface area contributed by atoms with Crippen LogP contribution in [-0.2, 0) is 4.79 Å². The third-order valence-electron chi connectivity index (χ3n) is 5.00. The zero-order valence-electron chi connectivity index (χ0n) is 14.3. The van der Waals surface area contributed by atoms with Gasteiger partial charge in [-0.25, -0.2) is 14.0 Å². The van der Waals surface area contributed by atoms with E-state index in [-0.39, 0.29) is 37.7 Å². The number of amides is 2. The minimum atomic E-state index is -1.50. The minimum absolute atomic E-state index is 0.0433. The van der Waals surface area contributed by atoms with Crippen molar-refractivity contribution in [2.45, 2.75) is 38.2 Å². The summed E-state index contributed by atoms with van der Waals surface area (Å²) in [6, 6.07) is 4.33. The normalized spacial score (nSPS) is 19.8. The van der Waals surface area contributed by atoms with Crippen LogP contribution < -0.4 is 4.74 Å². The summed E-state index contributed by atoms with van der Waals surface area (Å²) >= 11 is 0. The number of benzene rings is 1. The highest BCUT2D eigenvalue weighted by molar-refractivity contribution is 5.79. The van der Waals surface area contributed by atoms with Crippen LogP contribution in [-0.4, -0.2) is 58.7 Å². The Labute approximate surface area is 146 Å². The lowest BCUT2D eigenvalue weighted by atomic mass is 9.91. The Balaban J connectivity index is 1.71. The van der Waals surface area contributed by atoms with Crippen LogP contribution in [0.5, 0.6) is 5.75 Å². The molecular weight excluding hydrogens is 327 g/mol. The largest absolute Gasteiger partial charge is 0.478 e. The van der Waals surface area contributed by atoms with Crippen LogP contribution in [0.25, 0.3) is 0 Å². The molecule has 1 aromatic carbocycles. The number of hydrogen-bond acceptors (Lipinski definition) is 3. The van der Waals surface area contributed by atoms with E-state index >= 15 is 0 Å². The van der Waals surface area contributed by atoms with Crippen molar-refractivity contribution in [3.63, 3.8) is 0 Å². The highest BCUT2D eigenvalue weighted by Crippen LogP contribution is 2.32. The van der Waals surface area contributed by atoms with Gasteiger partial charge in [0.1, 0.15) is 0 Å². The highest BCUT2D eigenvalue weighted by Gasteiger charge is 2.46. The molecular formula is C18H23FN2O4. The number of halogens is 1. The van der Waals surface area contributed by atoms with Crippen LogP contribution in [0.1, 0.15) is 31.2 Å². The van der Waals surface area contributed by atoms with Gasteiger partial charge in [0.2, 0.25) is 5.60 Å². The average molecular weight is 350 g/mol. The van der Waals surface area contributed by atoms with Crippen molar-refractivity contribution >= 4 is 12.0 Å². The molecule has 7 heteroatoms. The number of carbonyl (C=O) groups is 2. The van der Waals surface area contributed by atoms with E-state index in [0.717, 1.165) is 31.5 Å². The monoisotopic (exact) mass is 350 g/mol. The van der Waals surface area contributed by atoms with Crippen molar-refractivity contribution in [3.8, 4) is 5.75 Å². The fourth-order valence-corrected chi connectivity index (χ4v) is 3.43. The van der Waals surface area contributed by atoms with Crippen LogP contribution in [0.2, 0.25) is 0 Å². The SMILES string of the molecule is Cc1ccc(F)c(OC2(C(=O)O)CCN(C(=O)N3CCCC3)CC2)c1. The first-order valence-corrected chi connectivity index (χ1v) is 8.64. The Morgan fingerprint density at radius 2 is 1.72 bits per heavy atom. The number of carboxylic acid groups (broad SMARTS) is 1. The molecule has 0 aromatic heterocycles. The van der Waals surface area contributed by atoms with Gasteiger partial charge in [0, 0.05) is 39.0 Å². The van der Waals surface area contributed by atoms with Crippen molar-refractivity contribution < 1.29 is 23.8 Å². The van der Waals surface area contributed by atoms with E-state index in [1.807, 2.05) is 0 Å². The van der Waals surface area contributed by atoms with E-state index in [0.29, 0.717) is 0 Å². The fourth-order valence-electron chi connectivity index (χ4n) is 3.43. The van der Waals surface area contributed by atoms with E-state index in [4.69, 9.17) is 4.74 Å². The van der Waals surface area contributed by atoms with Gasteiger partial charge in [-0.15, -0.1) is 0 Å². The second-order valence-corrected chi connectivity index (χ2v) is 6.80. The highest BCUT2D eigenvalue weighted by atomic mass is 19.1. The summed E-state index contributed by atoms with van der Waals surface area (Å²) in [7, 11) is 0. The number of aryl methyl sites for hydroxylation is 1. The van der Waals surface area contributed by atoms with Gasteiger partial charge in [-0.3, -0.25) is 0 Å². The lowest BCUT2D eigenvalue weighted by molar-refractivity contribution is -0.159. The Morgan fingerprint density at radius 1 is 1.12 bits per heavy atom. The number of likely N-dealkylation sites (tertiary alicyclic amines) is 2. The molecule has 1 aromatic rings. The molecule has 2 aliphatic heterocycles. The zero-order chi connectivity index (χ0) is 18.0. The summed E-state index contributed by atoms with van der Waals surface area (Å²) in [4.78, 5) is 27.8. The van der Waals surface area contributed by atoms with E-state index in [2.05, 4.69) is 0 Å². The lowest BCUT2D eigenvalue weighted by Gasteiger charge is -2.40. The van der Waals surface area contributed by atoms with E-state index < -0.39 is 17.4 Å². The number of aliphatic carboxylic acids is 1. The average Bonchev–Trinajstić information content (AvgIpc) is 3.12. The molecule has 6 nitrogen and oxygen atoms in total. The zero-order valence-corrected chi connectivity index (χ0v) is 14.3. The number of ether oxygens (including phenoxy) is 1. The molecule has 2 heterocycles.